The van der Waals surface area contributed by atoms with Gasteiger partial charge in [0.25, 0.3) is 0 Å². The molecule has 2 N–H and O–H groups in total. The number of benzene rings is 1. The lowest BCUT2D eigenvalue weighted by molar-refractivity contribution is 0.240. The minimum atomic E-state index is -0.131. The largest absolute Gasteiger partial charge is 0.334 e. The minimum Gasteiger partial charge on any atom is -0.334 e. The fourth-order valence-corrected chi connectivity index (χ4v) is 2.54. The Kier molecular flexibility index (Phi) is 4.58. The molecule has 0 aliphatic heterocycles. The maximum Gasteiger partial charge on any atom is 0.315 e. The molecule has 0 bridgehead atoms. The van der Waals surface area contributed by atoms with Crippen molar-refractivity contribution in [3.63, 3.8) is 0 Å². The molecule has 2 aromatic rings. The van der Waals surface area contributed by atoms with E-state index in [1.54, 1.807) is 11.3 Å². The molecule has 2 rings (SSSR count). The second kappa shape index (κ2) is 6.38. The second-order valence-corrected chi connectivity index (χ2v) is 5.55. The Bertz CT molecular complexity index is 546. The molecule has 0 saturated heterocycles. The molecule has 4 heteroatoms. The van der Waals surface area contributed by atoms with Crippen molar-refractivity contribution >= 4 is 17.4 Å². The lowest BCUT2D eigenvalue weighted by Gasteiger charge is -2.07. The molecule has 0 radical (unpaired) electrons. The van der Waals surface area contributed by atoms with Crippen molar-refractivity contribution in [2.75, 3.05) is 0 Å². The van der Waals surface area contributed by atoms with E-state index in [9.17, 15) is 4.79 Å². The van der Waals surface area contributed by atoms with Gasteiger partial charge in [0.2, 0.25) is 0 Å². The number of hydrogen-bond donors (Lipinski definition) is 2. The molecular weight excluding hydrogens is 256 g/mol. The van der Waals surface area contributed by atoms with E-state index in [-0.39, 0.29) is 6.03 Å². The number of rotatable bonds is 4. The van der Waals surface area contributed by atoms with E-state index in [1.165, 1.54) is 16.0 Å². The van der Waals surface area contributed by atoms with Crippen LogP contribution in [0.1, 0.15) is 21.6 Å². The Morgan fingerprint density at radius 2 is 1.74 bits per heavy atom. The van der Waals surface area contributed by atoms with Gasteiger partial charge in [0.1, 0.15) is 0 Å². The van der Waals surface area contributed by atoms with Gasteiger partial charge in [-0.3, -0.25) is 0 Å². The van der Waals surface area contributed by atoms with Gasteiger partial charge in [-0.2, -0.15) is 0 Å². The third kappa shape index (κ3) is 4.10. The standard InChI is InChI=1S/C15H18N2OS/c1-11-3-5-13(6-4-11)9-16-15(18)17-10-14-12(2)7-8-19-14/h3-8H,9-10H2,1-2H3,(H2,16,17,18). The maximum atomic E-state index is 11.7. The fraction of sp³-hybridized carbons (Fsp3) is 0.267. The number of urea groups is 1. The number of thiophene rings is 1. The Hall–Kier alpha value is -1.81. The molecule has 0 unspecified atom stereocenters. The SMILES string of the molecule is Cc1ccc(CNC(=O)NCc2sccc2C)cc1. The Balaban J connectivity index is 1.76. The number of amides is 2. The van der Waals surface area contributed by atoms with Crippen molar-refractivity contribution in [3.05, 3.63) is 57.3 Å². The van der Waals surface area contributed by atoms with Crippen LogP contribution in [-0.4, -0.2) is 6.03 Å². The molecule has 2 amide bonds. The third-order valence-corrected chi connectivity index (χ3v) is 3.97. The molecule has 0 saturated carbocycles. The van der Waals surface area contributed by atoms with E-state index in [0.717, 1.165) is 5.56 Å². The number of carbonyl (C=O) groups excluding carboxylic acids is 1. The Morgan fingerprint density at radius 3 is 2.37 bits per heavy atom. The molecule has 1 aromatic heterocycles. The zero-order valence-electron chi connectivity index (χ0n) is 11.2. The van der Waals surface area contributed by atoms with Crippen LogP contribution in [0.5, 0.6) is 0 Å². The van der Waals surface area contributed by atoms with Crippen LogP contribution in [-0.2, 0) is 13.1 Å². The van der Waals surface area contributed by atoms with E-state index < -0.39 is 0 Å². The van der Waals surface area contributed by atoms with Crippen LogP contribution in [0.4, 0.5) is 4.79 Å². The van der Waals surface area contributed by atoms with Crippen LogP contribution in [0.2, 0.25) is 0 Å². The zero-order chi connectivity index (χ0) is 13.7. The number of aryl methyl sites for hydroxylation is 2. The summed E-state index contributed by atoms with van der Waals surface area (Å²) in [7, 11) is 0. The highest BCUT2D eigenvalue weighted by molar-refractivity contribution is 7.10. The predicted octanol–water partition coefficient (Wildman–Crippen LogP) is 3.36. The van der Waals surface area contributed by atoms with Crippen molar-refractivity contribution in [3.8, 4) is 0 Å². The number of nitrogens with one attached hydrogen (secondary N) is 2. The van der Waals surface area contributed by atoms with Gasteiger partial charge in [-0.05, 0) is 36.4 Å². The van der Waals surface area contributed by atoms with Gasteiger partial charge in [-0.15, -0.1) is 11.3 Å². The summed E-state index contributed by atoms with van der Waals surface area (Å²) in [5.74, 6) is 0. The molecule has 1 heterocycles. The molecule has 0 aliphatic carbocycles. The smallest absolute Gasteiger partial charge is 0.315 e. The third-order valence-electron chi connectivity index (χ3n) is 2.95. The molecule has 0 spiro atoms. The van der Waals surface area contributed by atoms with Gasteiger partial charge >= 0.3 is 6.03 Å². The summed E-state index contributed by atoms with van der Waals surface area (Å²) in [6.07, 6.45) is 0. The molecule has 0 aliphatic rings. The highest BCUT2D eigenvalue weighted by Gasteiger charge is 2.03. The molecular formula is C15H18N2OS. The van der Waals surface area contributed by atoms with E-state index in [1.807, 2.05) is 36.6 Å². The quantitative estimate of drug-likeness (QED) is 0.882. The molecule has 0 fully saturated rings. The summed E-state index contributed by atoms with van der Waals surface area (Å²) >= 11 is 1.67. The highest BCUT2D eigenvalue weighted by atomic mass is 32.1. The molecule has 0 atom stereocenters. The first kappa shape index (κ1) is 13.6. The Morgan fingerprint density at radius 1 is 1.05 bits per heavy atom. The van der Waals surface area contributed by atoms with Crippen molar-refractivity contribution in [2.24, 2.45) is 0 Å². The highest BCUT2D eigenvalue weighted by Crippen LogP contribution is 2.14. The first-order chi connectivity index (χ1) is 9.15. The summed E-state index contributed by atoms with van der Waals surface area (Å²) < 4.78 is 0. The Labute approximate surface area is 117 Å². The summed E-state index contributed by atoms with van der Waals surface area (Å²) in [6, 6.07) is 10.1. The van der Waals surface area contributed by atoms with Crippen LogP contribution in [0.3, 0.4) is 0 Å². The topological polar surface area (TPSA) is 41.1 Å². The summed E-state index contributed by atoms with van der Waals surface area (Å²) in [5, 5.41) is 7.76. The first-order valence-electron chi connectivity index (χ1n) is 6.25. The van der Waals surface area contributed by atoms with Crippen LogP contribution in [0, 0.1) is 13.8 Å². The van der Waals surface area contributed by atoms with Crippen LogP contribution < -0.4 is 10.6 Å². The van der Waals surface area contributed by atoms with E-state index in [4.69, 9.17) is 0 Å². The van der Waals surface area contributed by atoms with Gasteiger partial charge < -0.3 is 10.6 Å². The van der Waals surface area contributed by atoms with Crippen LogP contribution >= 0.6 is 11.3 Å². The van der Waals surface area contributed by atoms with Gasteiger partial charge in [-0.25, -0.2) is 4.79 Å². The lowest BCUT2D eigenvalue weighted by atomic mass is 10.1. The average Bonchev–Trinajstić information content (AvgIpc) is 2.81. The number of hydrogen-bond acceptors (Lipinski definition) is 2. The van der Waals surface area contributed by atoms with Gasteiger partial charge in [0, 0.05) is 11.4 Å². The summed E-state index contributed by atoms with van der Waals surface area (Å²) in [5.41, 5.74) is 3.55. The minimum absolute atomic E-state index is 0.131. The number of carbonyl (C=O) groups is 1. The normalized spacial score (nSPS) is 10.2. The van der Waals surface area contributed by atoms with Gasteiger partial charge in [-0.1, -0.05) is 29.8 Å². The van der Waals surface area contributed by atoms with Gasteiger partial charge in [0.05, 0.1) is 6.54 Å². The van der Waals surface area contributed by atoms with Crippen molar-refractivity contribution < 1.29 is 4.79 Å². The molecule has 19 heavy (non-hydrogen) atoms. The summed E-state index contributed by atoms with van der Waals surface area (Å²) in [4.78, 5) is 12.9. The zero-order valence-corrected chi connectivity index (χ0v) is 12.0. The summed E-state index contributed by atoms with van der Waals surface area (Å²) in [6.45, 7) is 5.24. The van der Waals surface area contributed by atoms with Crippen LogP contribution in [0.25, 0.3) is 0 Å². The monoisotopic (exact) mass is 274 g/mol. The van der Waals surface area contributed by atoms with E-state index in [0.29, 0.717) is 13.1 Å². The van der Waals surface area contributed by atoms with Crippen LogP contribution in [0.15, 0.2) is 35.7 Å². The maximum absolute atomic E-state index is 11.7. The van der Waals surface area contributed by atoms with E-state index in [2.05, 4.69) is 23.6 Å². The van der Waals surface area contributed by atoms with Crippen molar-refractivity contribution in [1.29, 1.82) is 0 Å². The predicted molar refractivity (Wildman–Crippen MR) is 79.3 cm³/mol. The molecule has 3 nitrogen and oxygen atoms in total. The average molecular weight is 274 g/mol. The van der Waals surface area contributed by atoms with E-state index >= 15 is 0 Å². The first-order valence-corrected chi connectivity index (χ1v) is 7.13. The molecule has 1 aromatic carbocycles. The lowest BCUT2D eigenvalue weighted by Crippen LogP contribution is -2.34. The van der Waals surface area contributed by atoms with Crippen molar-refractivity contribution in [1.82, 2.24) is 10.6 Å². The fourth-order valence-electron chi connectivity index (χ4n) is 1.70. The second-order valence-electron chi connectivity index (χ2n) is 4.55. The van der Waals surface area contributed by atoms with Gasteiger partial charge in [0.15, 0.2) is 0 Å². The van der Waals surface area contributed by atoms with Crippen molar-refractivity contribution in [2.45, 2.75) is 26.9 Å². The molecule has 100 valence electrons.